The fourth-order valence-electron chi connectivity index (χ4n) is 6.16. The van der Waals surface area contributed by atoms with E-state index in [9.17, 15) is 9.59 Å². The van der Waals surface area contributed by atoms with Crippen molar-refractivity contribution in [1.82, 2.24) is 19.9 Å². The lowest BCUT2D eigenvalue weighted by atomic mass is 10.0. The number of para-hydroxylation sites is 1. The van der Waals surface area contributed by atoms with Crippen molar-refractivity contribution in [1.29, 1.82) is 0 Å². The van der Waals surface area contributed by atoms with Crippen LogP contribution in [-0.2, 0) is 9.59 Å². The molecule has 46 heavy (non-hydrogen) atoms. The number of aromatic amines is 1. The Kier molecular flexibility index (Phi) is 11.4. The second-order valence-electron chi connectivity index (χ2n) is 12.0. The van der Waals surface area contributed by atoms with Gasteiger partial charge in [0.1, 0.15) is 5.75 Å². The molecule has 5 rings (SSSR count). The van der Waals surface area contributed by atoms with Crippen LogP contribution in [0, 0.1) is 0 Å². The number of hydrogen-bond donors (Lipinski definition) is 3. The van der Waals surface area contributed by atoms with Gasteiger partial charge in [0.05, 0.1) is 29.7 Å². The number of piperidine rings is 1. The molecule has 0 spiro atoms. The average molecular weight is 646 g/mol. The van der Waals surface area contributed by atoms with Crippen molar-refractivity contribution in [3.63, 3.8) is 0 Å². The molecule has 1 aliphatic heterocycles. The highest BCUT2D eigenvalue weighted by atomic mass is 35.5. The van der Waals surface area contributed by atoms with E-state index in [0.29, 0.717) is 35.3 Å². The number of ether oxygens (including phenoxy) is 1. The van der Waals surface area contributed by atoms with Crippen LogP contribution >= 0.6 is 11.6 Å². The number of H-pyrrole nitrogens is 1. The van der Waals surface area contributed by atoms with Gasteiger partial charge >= 0.3 is 0 Å². The van der Waals surface area contributed by atoms with E-state index in [-0.39, 0.29) is 17.9 Å². The molecule has 0 radical (unpaired) electrons. The number of halogens is 1. The number of nitrogens with zero attached hydrogens (tertiary/aromatic N) is 4. The van der Waals surface area contributed by atoms with Crippen LogP contribution in [-0.4, -0.2) is 65.0 Å². The smallest absolute Gasteiger partial charge is 0.227 e. The molecule has 244 valence electrons. The van der Waals surface area contributed by atoms with Crippen molar-refractivity contribution in [3.8, 4) is 17.0 Å². The normalized spacial score (nSPS) is 13.6. The lowest BCUT2D eigenvalue weighted by Crippen LogP contribution is -2.45. The number of methoxy groups -OCH3 is 1. The first-order valence-electron chi connectivity index (χ1n) is 16.2. The Morgan fingerprint density at radius 1 is 1.07 bits per heavy atom. The van der Waals surface area contributed by atoms with Crippen LogP contribution in [0.4, 0.5) is 17.3 Å². The molecule has 0 bridgehead atoms. The molecule has 2 aromatic heterocycles. The summed E-state index contributed by atoms with van der Waals surface area (Å²) in [5.41, 5.74) is 9.58. The standard InChI is InChI=1S/C35H44ClN7O3/c1-42(33(45)14-8-6-4-3-5-7-13-32(37)44)24-17-19-43(20-18-24)25-15-16-30(31(21-25)46-2)40-35-39-23-28(36)34(41-35)27-22-38-29-12-10-9-11-26(27)29/h9-12,15-16,21-24,38H,3-8,13-14,17-20H2,1-2H3,(H2,37,44)(H,39,40,41). The molecule has 0 aliphatic carbocycles. The highest BCUT2D eigenvalue weighted by molar-refractivity contribution is 6.33. The fraction of sp³-hybridized carbons (Fsp3) is 0.429. The van der Waals surface area contributed by atoms with E-state index in [1.165, 1.54) is 0 Å². The summed E-state index contributed by atoms with van der Waals surface area (Å²) in [6, 6.07) is 14.4. The largest absolute Gasteiger partial charge is 0.494 e. The average Bonchev–Trinajstić information content (AvgIpc) is 3.50. The van der Waals surface area contributed by atoms with Crippen LogP contribution < -0.4 is 20.7 Å². The predicted molar refractivity (Wildman–Crippen MR) is 185 cm³/mol. The third-order valence-corrected chi connectivity index (χ3v) is 9.13. The van der Waals surface area contributed by atoms with Crippen LogP contribution in [0.15, 0.2) is 54.9 Å². The topological polar surface area (TPSA) is 129 Å². The zero-order chi connectivity index (χ0) is 32.5. The number of rotatable bonds is 15. The molecule has 0 saturated carbocycles. The second kappa shape index (κ2) is 15.8. The van der Waals surface area contributed by atoms with Gasteiger partial charge in [-0.2, -0.15) is 0 Å². The van der Waals surface area contributed by atoms with Gasteiger partial charge < -0.3 is 30.6 Å². The van der Waals surface area contributed by atoms with Crippen LogP contribution in [0.2, 0.25) is 5.02 Å². The number of benzene rings is 2. The summed E-state index contributed by atoms with van der Waals surface area (Å²) >= 11 is 6.53. The lowest BCUT2D eigenvalue weighted by molar-refractivity contribution is -0.132. The van der Waals surface area contributed by atoms with Gasteiger partial charge in [-0.15, -0.1) is 0 Å². The highest BCUT2D eigenvalue weighted by Crippen LogP contribution is 2.35. The van der Waals surface area contributed by atoms with Crippen molar-refractivity contribution in [2.75, 3.05) is 37.5 Å². The van der Waals surface area contributed by atoms with Gasteiger partial charge in [0.25, 0.3) is 0 Å². The Morgan fingerprint density at radius 3 is 2.52 bits per heavy atom. The first kappa shape index (κ1) is 33.1. The fourth-order valence-corrected chi connectivity index (χ4v) is 6.35. The molecule has 3 heterocycles. The zero-order valence-corrected chi connectivity index (χ0v) is 27.5. The molecule has 2 aromatic carbocycles. The molecule has 4 aromatic rings. The number of aromatic nitrogens is 3. The van der Waals surface area contributed by atoms with Gasteiger partial charge in [0.15, 0.2) is 0 Å². The van der Waals surface area contributed by atoms with E-state index in [0.717, 1.165) is 92.3 Å². The number of nitrogens with one attached hydrogen (secondary N) is 2. The van der Waals surface area contributed by atoms with Crippen LogP contribution in [0.3, 0.4) is 0 Å². The molecule has 1 aliphatic rings. The molecule has 0 atom stereocenters. The van der Waals surface area contributed by atoms with E-state index >= 15 is 0 Å². The Bertz CT molecular complexity index is 1630. The maximum atomic E-state index is 12.9. The number of fused-ring (bicyclic) bond motifs is 1. The van der Waals surface area contributed by atoms with E-state index in [4.69, 9.17) is 27.1 Å². The molecule has 1 saturated heterocycles. The minimum Gasteiger partial charge on any atom is -0.494 e. The molecular weight excluding hydrogens is 602 g/mol. The molecule has 10 nitrogen and oxygen atoms in total. The number of carbonyl (C=O) groups is 2. The molecule has 11 heteroatoms. The molecule has 2 amide bonds. The number of anilines is 3. The van der Waals surface area contributed by atoms with Gasteiger partial charge in [0.2, 0.25) is 17.8 Å². The van der Waals surface area contributed by atoms with Gasteiger partial charge in [-0.3, -0.25) is 9.59 Å². The number of nitrogens with two attached hydrogens (primary N) is 1. The van der Waals surface area contributed by atoms with Crippen molar-refractivity contribution in [2.45, 2.75) is 70.3 Å². The van der Waals surface area contributed by atoms with E-state index < -0.39 is 0 Å². The van der Waals surface area contributed by atoms with Crippen LogP contribution in [0.5, 0.6) is 5.75 Å². The summed E-state index contributed by atoms with van der Waals surface area (Å²) in [6.45, 7) is 1.72. The summed E-state index contributed by atoms with van der Waals surface area (Å²) in [6.07, 6.45) is 12.4. The predicted octanol–water partition coefficient (Wildman–Crippen LogP) is 7.06. The van der Waals surface area contributed by atoms with Gasteiger partial charge in [-0.25, -0.2) is 9.97 Å². The summed E-state index contributed by atoms with van der Waals surface area (Å²) in [5.74, 6) is 1.10. The van der Waals surface area contributed by atoms with Gasteiger partial charge in [-0.1, -0.05) is 55.5 Å². The monoisotopic (exact) mass is 645 g/mol. The quantitative estimate of drug-likeness (QED) is 0.118. The van der Waals surface area contributed by atoms with Crippen molar-refractivity contribution >= 4 is 51.6 Å². The SMILES string of the molecule is COc1cc(N2CCC(N(C)C(=O)CCCCCCCCC(N)=O)CC2)ccc1Nc1ncc(Cl)c(-c2c[nH]c3ccccc23)n1. The van der Waals surface area contributed by atoms with E-state index in [1.54, 1.807) is 13.3 Å². The zero-order valence-electron chi connectivity index (χ0n) is 26.7. The third-order valence-electron chi connectivity index (χ3n) is 8.85. The molecular formula is C35H44ClN7O3. The van der Waals surface area contributed by atoms with E-state index in [1.807, 2.05) is 54.5 Å². The van der Waals surface area contributed by atoms with Crippen LogP contribution in [0.25, 0.3) is 22.2 Å². The summed E-state index contributed by atoms with van der Waals surface area (Å²) in [4.78, 5) is 40.4. The molecule has 0 unspecified atom stereocenters. The minimum absolute atomic E-state index is 0.224. The summed E-state index contributed by atoms with van der Waals surface area (Å²) in [7, 11) is 3.60. The maximum absolute atomic E-state index is 12.9. The number of unbranched alkanes of at least 4 members (excludes halogenated alkanes) is 5. The number of amides is 2. The highest BCUT2D eigenvalue weighted by Gasteiger charge is 2.26. The molecule has 4 N–H and O–H groups in total. The number of primary amides is 1. The van der Waals surface area contributed by atoms with Gasteiger partial charge in [0, 0.05) is 73.4 Å². The number of carbonyl (C=O) groups excluding carboxylic acids is 2. The Labute approximate surface area is 275 Å². The minimum atomic E-state index is -0.230. The second-order valence-corrected chi connectivity index (χ2v) is 12.4. The number of hydrogen-bond acceptors (Lipinski definition) is 7. The first-order chi connectivity index (χ1) is 22.3. The van der Waals surface area contributed by atoms with Crippen molar-refractivity contribution in [3.05, 3.63) is 59.9 Å². The van der Waals surface area contributed by atoms with E-state index in [2.05, 4.69) is 26.3 Å². The Balaban J connectivity index is 1.13. The third kappa shape index (κ3) is 8.28. The molecule has 1 fully saturated rings. The Morgan fingerprint density at radius 2 is 1.78 bits per heavy atom. The summed E-state index contributed by atoms with van der Waals surface area (Å²) < 4.78 is 5.76. The summed E-state index contributed by atoms with van der Waals surface area (Å²) in [5, 5.41) is 4.82. The van der Waals surface area contributed by atoms with Crippen molar-refractivity contribution in [2.24, 2.45) is 5.73 Å². The lowest BCUT2D eigenvalue weighted by Gasteiger charge is -2.38. The van der Waals surface area contributed by atoms with Crippen LogP contribution in [0.1, 0.15) is 64.2 Å². The Hall–Kier alpha value is -4.31. The maximum Gasteiger partial charge on any atom is 0.227 e. The van der Waals surface area contributed by atoms with Gasteiger partial charge in [-0.05, 0) is 43.9 Å². The van der Waals surface area contributed by atoms with Crippen molar-refractivity contribution < 1.29 is 14.3 Å². The first-order valence-corrected chi connectivity index (χ1v) is 16.5.